The molecule has 0 bridgehead atoms. The number of hydrogen-bond acceptors (Lipinski definition) is 4. The molecule has 0 saturated carbocycles. The molecule has 3 rings (SSSR count). The zero-order valence-corrected chi connectivity index (χ0v) is 13.4. The molecule has 2 aromatic carbocycles. The summed E-state index contributed by atoms with van der Waals surface area (Å²) in [6, 6.07) is 16.3. The van der Waals surface area contributed by atoms with Crippen molar-refractivity contribution in [2.24, 2.45) is 0 Å². The maximum absolute atomic E-state index is 12.8. The Morgan fingerprint density at radius 1 is 0.958 bits per heavy atom. The Bertz CT molecular complexity index is 874. The van der Waals surface area contributed by atoms with Gasteiger partial charge < -0.3 is 9.15 Å². The third-order valence-corrected chi connectivity index (χ3v) is 3.77. The van der Waals surface area contributed by atoms with Crippen LogP contribution in [0.15, 0.2) is 65.3 Å². The smallest absolute Gasteiger partial charge is 0.342 e. The lowest BCUT2D eigenvalue weighted by Crippen LogP contribution is -2.10. The fourth-order valence-corrected chi connectivity index (χ4v) is 2.49. The largest absolute Gasteiger partial charge is 0.465 e. The van der Waals surface area contributed by atoms with Gasteiger partial charge in [-0.05, 0) is 6.92 Å². The molecule has 24 heavy (non-hydrogen) atoms. The number of ether oxygens (including phenoxy) is 1. The van der Waals surface area contributed by atoms with E-state index in [1.807, 2.05) is 49.4 Å². The summed E-state index contributed by atoms with van der Waals surface area (Å²) in [6.45, 7) is 1.94. The van der Waals surface area contributed by atoms with Crippen molar-refractivity contribution in [1.82, 2.24) is 0 Å². The first-order valence-corrected chi connectivity index (χ1v) is 7.48. The fraction of sp³-hybridized carbons (Fsp3) is 0.100. The Morgan fingerprint density at radius 2 is 1.62 bits per heavy atom. The second kappa shape index (κ2) is 6.54. The second-order valence-corrected chi connectivity index (χ2v) is 5.41. The second-order valence-electron chi connectivity index (χ2n) is 5.41. The first-order valence-electron chi connectivity index (χ1n) is 7.48. The molecule has 0 unspecified atom stereocenters. The first-order chi connectivity index (χ1) is 11.6. The zero-order chi connectivity index (χ0) is 17.1. The summed E-state index contributed by atoms with van der Waals surface area (Å²) in [7, 11) is 1.28. The Morgan fingerprint density at radius 3 is 2.25 bits per heavy atom. The molecule has 0 N–H and O–H groups in total. The van der Waals surface area contributed by atoms with Gasteiger partial charge in [0.05, 0.1) is 12.7 Å². The SMILES string of the molecule is COC(=O)c1c(C(=O)c2ccc(C)cc2)coc1-c1ccccc1. The lowest BCUT2D eigenvalue weighted by molar-refractivity contribution is 0.0598. The fourth-order valence-electron chi connectivity index (χ4n) is 2.49. The van der Waals surface area contributed by atoms with E-state index in [0.717, 1.165) is 5.56 Å². The number of esters is 1. The summed E-state index contributed by atoms with van der Waals surface area (Å²) in [5.74, 6) is -0.544. The molecule has 4 heteroatoms. The number of methoxy groups -OCH3 is 1. The predicted molar refractivity (Wildman–Crippen MR) is 90.1 cm³/mol. The lowest BCUT2D eigenvalue weighted by Gasteiger charge is -2.04. The molecule has 1 aromatic heterocycles. The van der Waals surface area contributed by atoms with E-state index in [0.29, 0.717) is 16.9 Å². The Balaban J connectivity index is 2.11. The molecule has 1 heterocycles. The average molecular weight is 320 g/mol. The van der Waals surface area contributed by atoms with Crippen molar-refractivity contribution < 1.29 is 18.7 Å². The van der Waals surface area contributed by atoms with Gasteiger partial charge in [-0.3, -0.25) is 4.79 Å². The summed E-state index contributed by atoms with van der Waals surface area (Å²) in [6.07, 6.45) is 1.32. The molecule has 0 aliphatic carbocycles. The van der Waals surface area contributed by atoms with Crippen molar-refractivity contribution in [3.63, 3.8) is 0 Å². The van der Waals surface area contributed by atoms with Crippen LogP contribution in [0.25, 0.3) is 11.3 Å². The van der Waals surface area contributed by atoms with E-state index in [-0.39, 0.29) is 16.9 Å². The first kappa shape index (κ1) is 15.7. The van der Waals surface area contributed by atoms with Crippen LogP contribution in [0.2, 0.25) is 0 Å². The van der Waals surface area contributed by atoms with Gasteiger partial charge in [0.15, 0.2) is 5.78 Å². The molecule has 0 radical (unpaired) electrons. The summed E-state index contributed by atoms with van der Waals surface area (Å²) in [4.78, 5) is 25.0. The van der Waals surface area contributed by atoms with Gasteiger partial charge in [-0.25, -0.2) is 4.79 Å². The van der Waals surface area contributed by atoms with Crippen LogP contribution in [-0.4, -0.2) is 18.9 Å². The van der Waals surface area contributed by atoms with Crippen LogP contribution in [0.5, 0.6) is 0 Å². The monoisotopic (exact) mass is 320 g/mol. The maximum Gasteiger partial charge on any atom is 0.342 e. The summed E-state index contributed by atoms with van der Waals surface area (Å²) >= 11 is 0. The highest BCUT2D eigenvalue weighted by Crippen LogP contribution is 2.30. The Kier molecular flexibility index (Phi) is 4.29. The zero-order valence-electron chi connectivity index (χ0n) is 13.4. The average Bonchev–Trinajstić information content (AvgIpc) is 3.07. The molecular weight excluding hydrogens is 304 g/mol. The minimum Gasteiger partial charge on any atom is -0.465 e. The van der Waals surface area contributed by atoms with Crippen LogP contribution in [0.4, 0.5) is 0 Å². The predicted octanol–water partition coefficient (Wildman–Crippen LogP) is 4.27. The molecular formula is C20H16O4. The third kappa shape index (κ3) is 2.86. The van der Waals surface area contributed by atoms with Crippen LogP contribution >= 0.6 is 0 Å². The molecule has 3 aromatic rings. The molecule has 0 fully saturated rings. The van der Waals surface area contributed by atoms with Gasteiger partial charge >= 0.3 is 5.97 Å². The van der Waals surface area contributed by atoms with Gasteiger partial charge in [0, 0.05) is 11.1 Å². The van der Waals surface area contributed by atoms with Gasteiger partial charge in [-0.1, -0.05) is 60.2 Å². The highest BCUT2D eigenvalue weighted by Gasteiger charge is 2.27. The van der Waals surface area contributed by atoms with Gasteiger partial charge in [0.2, 0.25) is 0 Å². The minimum absolute atomic E-state index is 0.147. The van der Waals surface area contributed by atoms with E-state index >= 15 is 0 Å². The lowest BCUT2D eigenvalue weighted by atomic mass is 9.98. The van der Waals surface area contributed by atoms with Crippen LogP contribution in [0.3, 0.4) is 0 Å². The van der Waals surface area contributed by atoms with E-state index in [1.165, 1.54) is 13.4 Å². The van der Waals surface area contributed by atoms with Gasteiger partial charge in [-0.2, -0.15) is 0 Å². The number of ketones is 1. The number of hydrogen-bond donors (Lipinski definition) is 0. The number of carbonyl (C=O) groups excluding carboxylic acids is 2. The van der Waals surface area contributed by atoms with Crippen LogP contribution in [-0.2, 0) is 4.74 Å². The maximum atomic E-state index is 12.8. The number of rotatable bonds is 4. The van der Waals surface area contributed by atoms with E-state index in [1.54, 1.807) is 12.1 Å². The van der Waals surface area contributed by atoms with Crippen molar-refractivity contribution in [3.8, 4) is 11.3 Å². The van der Waals surface area contributed by atoms with E-state index in [2.05, 4.69) is 0 Å². The Hall–Kier alpha value is -3.14. The van der Waals surface area contributed by atoms with Crippen molar-refractivity contribution in [1.29, 1.82) is 0 Å². The molecule has 120 valence electrons. The van der Waals surface area contributed by atoms with E-state index < -0.39 is 5.97 Å². The van der Waals surface area contributed by atoms with Gasteiger partial charge in [-0.15, -0.1) is 0 Å². The number of aryl methyl sites for hydroxylation is 1. The van der Waals surface area contributed by atoms with Gasteiger partial charge in [0.1, 0.15) is 17.6 Å². The van der Waals surface area contributed by atoms with Crippen LogP contribution in [0, 0.1) is 6.92 Å². The summed E-state index contributed by atoms with van der Waals surface area (Å²) < 4.78 is 10.4. The topological polar surface area (TPSA) is 56.5 Å². The summed E-state index contributed by atoms with van der Waals surface area (Å²) in [5, 5.41) is 0. The number of benzene rings is 2. The summed E-state index contributed by atoms with van der Waals surface area (Å²) in [5.41, 5.74) is 2.60. The standard InChI is InChI=1S/C20H16O4/c1-13-8-10-14(11-9-13)18(21)16-12-24-19(17(16)20(22)23-2)15-6-4-3-5-7-15/h3-12H,1-2H3. The van der Waals surface area contributed by atoms with Crippen LogP contribution in [0.1, 0.15) is 31.8 Å². The van der Waals surface area contributed by atoms with E-state index in [4.69, 9.17) is 9.15 Å². The quantitative estimate of drug-likeness (QED) is 0.532. The van der Waals surface area contributed by atoms with Crippen molar-refractivity contribution in [2.75, 3.05) is 7.11 Å². The highest BCUT2D eigenvalue weighted by atomic mass is 16.5. The highest BCUT2D eigenvalue weighted by molar-refractivity contribution is 6.16. The van der Waals surface area contributed by atoms with Crippen molar-refractivity contribution in [3.05, 3.63) is 83.1 Å². The minimum atomic E-state index is -0.599. The molecule has 0 amide bonds. The number of carbonyl (C=O) groups is 2. The molecule has 0 spiro atoms. The molecule has 4 nitrogen and oxygen atoms in total. The third-order valence-electron chi connectivity index (χ3n) is 3.77. The molecule has 0 aliphatic rings. The number of furan rings is 1. The molecule has 0 aliphatic heterocycles. The van der Waals surface area contributed by atoms with E-state index in [9.17, 15) is 9.59 Å². The molecule has 0 saturated heterocycles. The van der Waals surface area contributed by atoms with Crippen molar-refractivity contribution in [2.45, 2.75) is 6.92 Å². The van der Waals surface area contributed by atoms with Gasteiger partial charge in [0.25, 0.3) is 0 Å². The Labute approximate surface area is 139 Å². The normalized spacial score (nSPS) is 10.4. The van der Waals surface area contributed by atoms with Crippen molar-refractivity contribution >= 4 is 11.8 Å². The van der Waals surface area contributed by atoms with Crippen LogP contribution < -0.4 is 0 Å². The molecule has 0 atom stereocenters.